The average Bonchev–Trinajstić information content (AvgIpc) is 2.62. The fourth-order valence-corrected chi connectivity index (χ4v) is 3.96. The fraction of sp³-hybridized carbons (Fsp3) is 1.00. The Labute approximate surface area is 110 Å². The summed E-state index contributed by atoms with van der Waals surface area (Å²) in [6, 6.07) is 0.00666. The Balaban J connectivity index is 1.82. The molecule has 1 unspecified atom stereocenters. The second kappa shape index (κ2) is 5.45. The van der Waals surface area contributed by atoms with Crippen molar-refractivity contribution in [3.8, 4) is 0 Å². The molecule has 1 heterocycles. The SMILES string of the molecule is CS(=O)(=O)NC1CCN(CC2(O)CCCCC2)C1. The van der Waals surface area contributed by atoms with E-state index in [-0.39, 0.29) is 6.04 Å². The van der Waals surface area contributed by atoms with E-state index in [4.69, 9.17) is 0 Å². The van der Waals surface area contributed by atoms with Crippen molar-refractivity contribution in [2.24, 2.45) is 0 Å². The Hall–Kier alpha value is -0.170. The zero-order chi connectivity index (χ0) is 13.2. The Bertz CT molecular complexity index is 377. The number of hydrogen-bond acceptors (Lipinski definition) is 4. The van der Waals surface area contributed by atoms with Crippen molar-refractivity contribution < 1.29 is 13.5 Å². The summed E-state index contributed by atoms with van der Waals surface area (Å²) < 4.78 is 25.0. The van der Waals surface area contributed by atoms with Crippen molar-refractivity contribution in [2.45, 2.75) is 50.2 Å². The van der Waals surface area contributed by atoms with Gasteiger partial charge in [-0.1, -0.05) is 19.3 Å². The molecule has 0 aromatic carbocycles. The Kier molecular flexibility index (Phi) is 4.31. The molecule has 1 aliphatic heterocycles. The van der Waals surface area contributed by atoms with Crippen LogP contribution in [-0.2, 0) is 10.0 Å². The molecule has 18 heavy (non-hydrogen) atoms. The lowest BCUT2D eigenvalue weighted by Gasteiger charge is -2.35. The molecular weight excluding hydrogens is 252 g/mol. The van der Waals surface area contributed by atoms with Crippen LogP contribution in [0.3, 0.4) is 0 Å². The lowest BCUT2D eigenvalue weighted by molar-refractivity contribution is -0.0216. The van der Waals surface area contributed by atoms with E-state index in [1.54, 1.807) is 0 Å². The molecule has 1 saturated carbocycles. The number of rotatable bonds is 4. The van der Waals surface area contributed by atoms with E-state index >= 15 is 0 Å². The third-order valence-corrected chi connectivity index (χ3v) is 4.72. The minimum absolute atomic E-state index is 0.00666. The summed E-state index contributed by atoms with van der Waals surface area (Å²) in [5.74, 6) is 0. The van der Waals surface area contributed by atoms with Crippen LogP contribution in [0.5, 0.6) is 0 Å². The van der Waals surface area contributed by atoms with Gasteiger partial charge in [0.1, 0.15) is 0 Å². The van der Waals surface area contributed by atoms with Crippen LogP contribution in [0.4, 0.5) is 0 Å². The van der Waals surface area contributed by atoms with Gasteiger partial charge in [0, 0.05) is 19.1 Å². The number of aliphatic hydroxyl groups is 1. The van der Waals surface area contributed by atoms with E-state index in [1.807, 2.05) is 0 Å². The predicted octanol–water partition coefficient (Wildman–Crippen LogP) is 0.305. The van der Waals surface area contributed by atoms with Gasteiger partial charge in [0.25, 0.3) is 0 Å². The van der Waals surface area contributed by atoms with Crippen LogP contribution < -0.4 is 4.72 Å². The Morgan fingerprint density at radius 1 is 1.33 bits per heavy atom. The van der Waals surface area contributed by atoms with E-state index in [1.165, 1.54) is 12.7 Å². The van der Waals surface area contributed by atoms with Crippen LogP contribution >= 0.6 is 0 Å². The standard InChI is InChI=1S/C12H24N2O3S/c1-18(16,17)13-11-5-8-14(9-11)10-12(15)6-3-2-4-7-12/h11,13,15H,2-10H2,1H3. The third-order valence-electron chi connectivity index (χ3n) is 3.96. The monoisotopic (exact) mass is 276 g/mol. The molecule has 0 amide bonds. The second-order valence-electron chi connectivity index (χ2n) is 5.90. The molecule has 1 atom stereocenters. The van der Waals surface area contributed by atoms with Crippen molar-refractivity contribution in [1.82, 2.24) is 9.62 Å². The number of likely N-dealkylation sites (tertiary alicyclic amines) is 1. The van der Waals surface area contributed by atoms with Gasteiger partial charge in [-0.3, -0.25) is 4.90 Å². The first kappa shape index (κ1) is 14.2. The summed E-state index contributed by atoms with van der Waals surface area (Å²) in [6.07, 6.45) is 7.24. The van der Waals surface area contributed by atoms with Gasteiger partial charge < -0.3 is 5.11 Å². The molecular formula is C12H24N2O3S. The first-order valence-electron chi connectivity index (χ1n) is 6.78. The van der Waals surface area contributed by atoms with Crippen LogP contribution in [0.2, 0.25) is 0 Å². The van der Waals surface area contributed by atoms with Gasteiger partial charge in [-0.15, -0.1) is 0 Å². The van der Waals surface area contributed by atoms with Crippen LogP contribution in [0, 0.1) is 0 Å². The number of nitrogens with one attached hydrogen (secondary N) is 1. The molecule has 6 heteroatoms. The Morgan fingerprint density at radius 2 is 2.00 bits per heavy atom. The maximum atomic E-state index is 11.2. The van der Waals surface area contributed by atoms with E-state index in [0.29, 0.717) is 6.54 Å². The first-order chi connectivity index (χ1) is 8.36. The van der Waals surface area contributed by atoms with Crippen molar-refractivity contribution in [1.29, 1.82) is 0 Å². The van der Waals surface area contributed by atoms with Gasteiger partial charge in [-0.05, 0) is 25.8 Å². The quantitative estimate of drug-likeness (QED) is 0.775. The lowest BCUT2D eigenvalue weighted by Crippen LogP contribution is -2.45. The van der Waals surface area contributed by atoms with E-state index < -0.39 is 15.6 Å². The molecule has 0 spiro atoms. The summed E-state index contributed by atoms with van der Waals surface area (Å²) in [7, 11) is -3.12. The molecule has 2 aliphatic rings. The largest absolute Gasteiger partial charge is 0.389 e. The highest BCUT2D eigenvalue weighted by Gasteiger charge is 2.34. The topological polar surface area (TPSA) is 69.6 Å². The van der Waals surface area contributed by atoms with Gasteiger partial charge >= 0.3 is 0 Å². The maximum absolute atomic E-state index is 11.2. The zero-order valence-corrected chi connectivity index (χ0v) is 11.9. The number of nitrogens with zero attached hydrogens (tertiary/aromatic N) is 1. The normalized spacial score (nSPS) is 29.6. The van der Waals surface area contributed by atoms with Crippen molar-refractivity contribution in [2.75, 3.05) is 25.9 Å². The second-order valence-corrected chi connectivity index (χ2v) is 7.68. The van der Waals surface area contributed by atoms with E-state index in [0.717, 1.165) is 45.2 Å². The number of hydrogen-bond donors (Lipinski definition) is 2. The van der Waals surface area contributed by atoms with Gasteiger partial charge in [0.05, 0.1) is 11.9 Å². The molecule has 0 radical (unpaired) electrons. The highest BCUT2D eigenvalue weighted by atomic mass is 32.2. The van der Waals surface area contributed by atoms with Gasteiger partial charge in [0.2, 0.25) is 10.0 Å². The number of β-amino-alcohol motifs (C(OH)–C–C–N with tert-alkyl or cyclic N) is 1. The Morgan fingerprint density at radius 3 is 2.61 bits per heavy atom. The number of sulfonamides is 1. The van der Waals surface area contributed by atoms with Gasteiger partial charge in [-0.25, -0.2) is 13.1 Å². The highest BCUT2D eigenvalue weighted by molar-refractivity contribution is 7.88. The highest BCUT2D eigenvalue weighted by Crippen LogP contribution is 2.29. The summed E-state index contributed by atoms with van der Waals surface area (Å²) in [4.78, 5) is 2.19. The summed E-state index contributed by atoms with van der Waals surface area (Å²) in [6.45, 7) is 2.28. The van der Waals surface area contributed by atoms with Crippen LogP contribution in [-0.4, -0.2) is 56.0 Å². The average molecular weight is 276 g/mol. The van der Waals surface area contributed by atoms with Gasteiger partial charge in [-0.2, -0.15) is 0 Å². The fourth-order valence-electron chi connectivity index (χ4n) is 3.16. The summed E-state index contributed by atoms with van der Waals surface area (Å²) >= 11 is 0. The molecule has 2 N–H and O–H groups in total. The summed E-state index contributed by atoms with van der Waals surface area (Å²) in [5, 5.41) is 10.5. The minimum atomic E-state index is -3.12. The molecule has 5 nitrogen and oxygen atoms in total. The van der Waals surface area contributed by atoms with Crippen LogP contribution in [0.1, 0.15) is 38.5 Å². The molecule has 1 aliphatic carbocycles. The van der Waals surface area contributed by atoms with E-state index in [2.05, 4.69) is 9.62 Å². The molecule has 0 aromatic rings. The van der Waals surface area contributed by atoms with Crippen LogP contribution in [0.25, 0.3) is 0 Å². The lowest BCUT2D eigenvalue weighted by atomic mass is 9.84. The van der Waals surface area contributed by atoms with E-state index in [9.17, 15) is 13.5 Å². The van der Waals surface area contributed by atoms with Crippen molar-refractivity contribution in [3.63, 3.8) is 0 Å². The summed E-state index contributed by atoms with van der Waals surface area (Å²) in [5.41, 5.74) is -0.543. The van der Waals surface area contributed by atoms with Crippen molar-refractivity contribution in [3.05, 3.63) is 0 Å². The third kappa shape index (κ3) is 4.19. The van der Waals surface area contributed by atoms with Crippen LogP contribution in [0.15, 0.2) is 0 Å². The molecule has 1 saturated heterocycles. The predicted molar refractivity (Wildman–Crippen MR) is 70.9 cm³/mol. The molecule has 0 bridgehead atoms. The van der Waals surface area contributed by atoms with Gasteiger partial charge in [0.15, 0.2) is 0 Å². The maximum Gasteiger partial charge on any atom is 0.208 e. The first-order valence-corrected chi connectivity index (χ1v) is 8.68. The van der Waals surface area contributed by atoms with Crippen molar-refractivity contribution >= 4 is 10.0 Å². The zero-order valence-electron chi connectivity index (χ0n) is 11.1. The minimum Gasteiger partial charge on any atom is -0.389 e. The smallest absolute Gasteiger partial charge is 0.208 e. The molecule has 106 valence electrons. The molecule has 2 fully saturated rings. The molecule has 0 aromatic heterocycles. The molecule has 2 rings (SSSR count).